The zero-order valence-corrected chi connectivity index (χ0v) is 16.3. The number of rotatable bonds is 4. The third-order valence-corrected chi connectivity index (χ3v) is 5.79. The molecule has 0 bridgehead atoms. The lowest BCUT2D eigenvalue weighted by atomic mass is 9.76. The van der Waals surface area contributed by atoms with Gasteiger partial charge in [0, 0.05) is 12.1 Å². The van der Waals surface area contributed by atoms with Crippen molar-refractivity contribution in [2.24, 2.45) is 17.8 Å². The molecule has 1 heterocycles. The lowest BCUT2D eigenvalue weighted by Crippen LogP contribution is -2.30. The van der Waals surface area contributed by atoms with Crippen LogP contribution in [-0.4, -0.2) is 22.7 Å². The van der Waals surface area contributed by atoms with Gasteiger partial charge in [-0.3, -0.25) is 24.6 Å². The van der Waals surface area contributed by atoms with Crippen LogP contribution in [-0.2, 0) is 9.59 Å². The number of carbonyl (C=O) groups excluding carboxylic acids is 3. The minimum atomic E-state index is -0.736. The van der Waals surface area contributed by atoms with Crippen molar-refractivity contribution in [2.75, 3.05) is 4.90 Å². The summed E-state index contributed by atoms with van der Waals surface area (Å²) in [7, 11) is 0. The Balaban J connectivity index is 1.49. The number of imide groups is 1. The van der Waals surface area contributed by atoms with E-state index < -0.39 is 10.9 Å². The van der Waals surface area contributed by atoms with E-state index in [2.05, 4.69) is 6.92 Å². The van der Waals surface area contributed by atoms with E-state index in [9.17, 15) is 24.5 Å². The number of ether oxygens (including phenoxy) is 1. The van der Waals surface area contributed by atoms with Gasteiger partial charge in [-0.2, -0.15) is 0 Å². The highest BCUT2D eigenvalue weighted by Gasteiger charge is 2.49. The molecule has 4 rings (SSSR count). The topological polar surface area (TPSA) is 107 Å². The number of hydrogen-bond acceptors (Lipinski definition) is 6. The van der Waals surface area contributed by atoms with Crippen molar-refractivity contribution in [1.29, 1.82) is 0 Å². The molecule has 30 heavy (non-hydrogen) atoms. The van der Waals surface area contributed by atoms with Crippen molar-refractivity contribution < 1.29 is 24.0 Å². The molecule has 8 heteroatoms. The van der Waals surface area contributed by atoms with Crippen LogP contribution in [0.15, 0.2) is 48.5 Å². The van der Waals surface area contributed by atoms with Crippen LogP contribution in [0.4, 0.5) is 11.4 Å². The van der Waals surface area contributed by atoms with E-state index >= 15 is 0 Å². The maximum absolute atomic E-state index is 12.8. The molecule has 1 saturated heterocycles. The molecule has 3 atom stereocenters. The third-order valence-electron chi connectivity index (χ3n) is 5.79. The van der Waals surface area contributed by atoms with E-state index in [1.807, 2.05) is 0 Å². The molecule has 2 aromatic rings. The first-order chi connectivity index (χ1) is 14.3. The van der Waals surface area contributed by atoms with Crippen molar-refractivity contribution in [3.63, 3.8) is 0 Å². The highest BCUT2D eigenvalue weighted by Crippen LogP contribution is 2.42. The number of nitrogens with zero attached hydrogens (tertiary/aromatic N) is 2. The molecule has 0 aromatic heterocycles. The van der Waals surface area contributed by atoms with Gasteiger partial charge >= 0.3 is 5.97 Å². The van der Waals surface area contributed by atoms with Gasteiger partial charge in [0.1, 0.15) is 5.75 Å². The Morgan fingerprint density at radius 2 is 1.77 bits per heavy atom. The van der Waals surface area contributed by atoms with E-state index in [1.54, 1.807) is 12.1 Å². The summed E-state index contributed by atoms with van der Waals surface area (Å²) in [6.07, 6.45) is 2.40. The van der Waals surface area contributed by atoms with Crippen LogP contribution >= 0.6 is 0 Å². The molecular formula is C22H20N2O6. The summed E-state index contributed by atoms with van der Waals surface area (Å²) in [5.41, 5.74) is 0.292. The number of hydrogen-bond donors (Lipinski definition) is 0. The molecule has 2 aliphatic rings. The zero-order chi connectivity index (χ0) is 21.4. The minimum absolute atomic E-state index is 0.0522. The number of anilines is 1. The van der Waals surface area contributed by atoms with Crippen molar-refractivity contribution in [2.45, 2.75) is 26.2 Å². The molecule has 1 aliphatic carbocycles. The fraction of sp³-hybridized carbons (Fsp3) is 0.318. The summed E-state index contributed by atoms with van der Waals surface area (Å²) in [5, 5.41) is 10.9. The second-order valence-electron chi connectivity index (χ2n) is 7.83. The van der Waals surface area contributed by atoms with Crippen molar-refractivity contribution >= 4 is 29.2 Å². The number of amides is 2. The highest BCUT2D eigenvalue weighted by atomic mass is 16.6. The number of esters is 1. The van der Waals surface area contributed by atoms with E-state index in [0.717, 1.165) is 25.3 Å². The van der Waals surface area contributed by atoms with Crippen LogP contribution in [0.1, 0.15) is 36.5 Å². The number of nitro benzene ring substituents is 1. The van der Waals surface area contributed by atoms with Gasteiger partial charge in [-0.05, 0) is 55.5 Å². The number of fused-ring (bicyclic) bond motifs is 1. The van der Waals surface area contributed by atoms with Crippen molar-refractivity contribution in [1.82, 2.24) is 0 Å². The Morgan fingerprint density at radius 3 is 2.47 bits per heavy atom. The van der Waals surface area contributed by atoms with E-state index in [1.165, 1.54) is 35.2 Å². The Labute approximate surface area is 172 Å². The van der Waals surface area contributed by atoms with Gasteiger partial charge in [0.25, 0.3) is 5.69 Å². The zero-order valence-electron chi connectivity index (χ0n) is 16.3. The molecule has 0 radical (unpaired) electrons. The van der Waals surface area contributed by atoms with Gasteiger partial charge < -0.3 is 4.74 Å². The average Bonchev–Trinajstić information content (AvgIpc) is 2.98. The third kappa shape index (κ3) is 3.56. The maximum atomic E-state index is 12.8. The Bertz CT molecular complexity index is 1030. The van der Waals surface area contributed by atoms with Crippen LogP contribution in [0.2, 0.25) is 0 Å². The lowest BCUT2D eigenvalue weighted by Gasteiger charge is -2.25. The largest absolute Gasteiger partial charge is 0.423 e. The van der Waals surface area contributed by atoms with Crippen LogP contribution in [0.3, 0.4) is 0 Å². The molecule has 154 valence electrons. The summed E-state index contributed by atoms with van der Waals surface area (Å²) in [6, 6.07) is 11.4. The summed E-state index contributed by atoms with van der Waals surface area (Å²) in [4.78, 5) is 49.3. The van der Waals surface area contributed by atoms with Crippen LogP contribution < -0.4 is 9.64 Å². The summed E-state index contributed by atoms with van der Waals surface area (Å²) < 4.78 is 5.27. The van der Waals surface area contributed by atoms with Crippen molar-refractivity contribution in [3.8, 4) is 5.75 Å². The van der Waals surface area contributed by atoms with Gasteiger partial charge in [0.15, 0.2) is 0 Å². The molecule has 2 aromatic carbocycles. The molecule has 0 spiro atoms. The predicted molar refractivity (Wildman–Crippen MR) is 107 cm³/mol. The second kappa shape index (κ2) is 7.70. The number of non-ortho nitro benzene ring substituents is 1. The van der Waals surface area contributed by atoms with Gasteiger partial charge in [-0.1, -0.05) is 13.0 Å². The molecule has 1 saturated carbocycles. The average molecular weight is 408 g/mol. The van der Waals surface area contributed by atoms with E-state index in [-0.39, 0.29) is 40.7 Å². The first-order valence-corrected chi connectivity index (χ1v) is 9.79. The number of carbonyl (C=O) groups is 3. The summed E-state index contributed by atoms with van der Waals surface area (Å²) in [5.74, 6) is -0.942. The number of benzene rings is 2. The van der Waals surface area contributed by atoms with Crippen LogP contribution in [0.5, 0.6) is 5.75 Å². The Kier molecular flexibility index (Phi) is 5.07. The molecule has 1 aliphatic heterocycles. The monoisotopic (exact) mass is 408 g/mol. The minimum Gasteiger partial charge on any atom is -0.423 e. The van der Waals surface area contributed by atoms with Crippen LogP contribution in [0.25, 0.3) is 0 Å². The molecule has 0 unspecified atom stereocenters. The molecule has 0 N–H and O–H groups in total. The van der Waals surface area contributed by atoms with Crippen LogP contribution in [0, 0.1) is 27.9 Å². The number of nitro groups is 1. The van der Waals surface area contributed by atoms with Crippen molar-refractivity contribution in [3.05, 3.63) is 64.2 Å². The fourth-order valence-electron chi connectivity index (χ4n) is 4.22. The van der Waals surface area contributed by atoms with Gasteiger partial charge in [0.05, 0.1) is 28.0 Å². The van der Waals surface area contributed by atoms with Gasteiger partial charge in [-0.25, -0.2) is 4.79 Å². The first kappa shape index (κ1) is 19.8. The SMILES string of the molecule is C[C@@H]1CC[C@H]2C(=O)N(c3ccc(OC(=O)c4cccc([N+](=O)[O-])c4)cc3)C(=O)[C@@H]2C1. The second-order valence-corrected chi connectivity index (χ2v) is 7.83. The molecular weight excluding hydrogens is 388 g/mol. The lowest BCUT2D eigenvalue weighted by molar-refractivity contribution is -0.384. The van der Waals surface area contributed by atoms with E-state index in [0.29, 0.717) is 11.6 Å². The predicted octanol–water partition coefficient (Wildman–Crippen LogP) is 3.74. The Morgan fingerprint density at radius 1 is 1.07 bits per heavy atom. The normalized spacial score (nSPS) is 23.2. The Hall–Kier alpha value is -3.55. The quantitative estimate of drug-likeness (QED) is 0.251. The highest BCUT2D eigenvalue weighted by molar-refractivity contribution is 6.22. The summed E-state index contributed by atoms with van der Waals surface area (Å²) >= 11 is 0. The molecule has 8 nitrogen and oxygen atoms in total. The first-order valence-electron chi connectivity index (χ1n) is 9.79. The molecule has 2 amide bonds. The standard InChI is InChI=1S/C22H20N2O6/c1-13-5-10-18-19(11-13)21(26)23(20(18)25)15-6-8-17(9-7-15)30-22(27)14-3-2-4-16(12-14)24(28)29/h2-4,6-9,12-13,18-19H,5,10-11H2,1H3/t13-,18-,19-/m1/s1. The smallest absolute Gasteiger partial charge is 0.343 e. The fourth-order valence-corrected chi connectivity index (χ4v) is 4.22. The molecule has 2 fully saturated rings. The van der Waals surface area contributed by atoms with E-state index in [4.69, 9.17) is 4.74 Å². The maximum Gasteiger partial charge on any atom is 0.343 e. The summed E-state index contributed by atoms with van der Waals surface area (Å²) in [6.45, 7) is 2.10. The van der Waals surface area contributed by atoms with Gasteiger partial charge in [-0.15, -0.1) is 0 Å². The van der Waals surface area contributed by atoms with Gasteiger partial charge in [0.2, 0.25) is 11.8 Å².